The highest BCUT2D eigenvalue weighted by Crippen LogP contribution is 2.31. The first kappa shape index (κ1) is 12.9. The van der Waals surface area contributed by atoms with E-state index < -0.39 is 0 Å². The highest BCUT2D eigenvalue weighted by molar-refractivity contribution is 6.30. The molecular weight excluding hydrogens is 230 g/mol. The molecule has 2 rings (SSSR count). The predicted molar refractivity (Wildman–Crippen MR) is 74.5 cm³/mol. The van der Waals surface area contributed by atoms with Crippen molar-refractivity contribution in [1.29, 1.82) is 0 Å². The molecule has 2 heteroatoms. The highest BCUT2D eigenvalue weighted by Gasteiger charge is 2.27. The summed E-state index contributed by atoms with van der Waals surface area (Å²) in [4.78, 5) is 0. The van der Waals surface area contributed by atoms with Gasteiger partial charge in [-0.1, -0.05) is 30.7 Å². The number of rotatable bonds is 3. The number of halogens is 1. The first-order chi connectivity index (χ1) is 8.19. The lowest BCUT2D eigenvalue weighted by atomic mass is 9.76. The molecule has 1 aliphatic rings. The zero-order chi connectivity index (χ0) is 12.3. The lowest BCUT2D eigenvalue weighted by Crippen LogP contribution is -2.39. The smallest absolute Gasteiger partial charge is 0.0408 e. The Morgan fingerprint density at radius 2 is 2.18 bits per heavy atom. The van der Waals surface area contributed by atoms with Gasteiger partial charge in [0.15, 0.2) is 0 Å². The van der Waals surface area contributed by atoms with Gasteiger partial charge in [-0.05, 0) is 62.3 Å². The van der Waals surface area contributed by atoms with Gasteiger partial charge in [0.2, 0.25) is 0 Å². The van der Waals surface area contributed by atoms with Crippen LogP contribution in [0.25, 0.3) is 0 Å². The monoisotopic (exact) mass is 251 g/mol. The minimum atomic E-state index is 0.671. The molecule has 1 aromatic carbocycles. The Labute approximate surface area is 110 Å². The molecule has 94 valence electrons. The van der Waals surface area contributed by atoms with Crippen molar-refractivity contribution in [2.75, 3.05) is 7.05 Å². The van der Waals surface area contributed by atoms with Gasteiger partial charge in [0.05, 0.1) is 0 Å². The maximum absolute atomic E-state index is 6.05. The quantitative estimate of drug-likeness (QED) is 0.859. The molecule has 1 nitrogen and oxygen atoms in total. The first-order valence-corrected chi connectivity index (χ1v) is 6.98. The van der Waals surface area contributed by atoms with E-state index in [1.807, 2.05) is 6.07 Å². The maximum atomic E-state index is 6.05. The summed E-state index contributed by atoms with van der Waals surface area (Å²) < 4.78 is 0. The summed E-state index contributed by atoms with van der Waals surface area (Å²) in [6.45, 7) is 2.37. The van der Waals surface area contributed by atoms with Crippen molar-refractivity contribution < 1.29 is 0 Å². The van der Waals surface area contributed by atoms with Crippen molar-refractivity contribution in [2.24, 2.45) is 11.8 Å². The average Bonchev–Trinajstić information content (AvgIpc) is 2.29. The van der Waals surface area contributed by atoms with Crippen molar-refractivity contribution in [3.8, 4) is 0 Å². The standard InChI is InChI=1S/C15H22ClN/c1-11-6-7-15(17-2)13(8-11)9-12-4-3-5-14(16)10-12/h3-5,10-11,13,15,17H,6-9H2,1-2H3. The lowest BCUT2D eigenvalue weighted by molar-refractivity contribution is 0.220. The molecule has 1 N–H and O–H groups in total. The van der Waals surface area contributed by atoms with Crippen LogP contribution in [0.3, 0.4) is 0 Å². The van der Waals surface area contributed by atoms with Crippen molar-refractivity contribution in [3.05, 3.63) is 34.9 Å². The summed E-state index contributed by atoms with van der Waals surface area (Å²) in [5.41, 5.74) is 1.37. The average molecular weight is 252 g/mol. The van der Waals surface area contributed by atoms with Crippen LogP contribution in [0, 0.1) is 11.8 Å². The summed E-state index contributed by atoms with van der Waals surface area (Å²) in [6.07, 6.45) is 5.15. The highest BCUT2D eigenvalue weighted by atomic mass is 35.5. The second-order valence-corrected chi connectivity index (χ2v) is 5.84. The van der Waals surface area contributed by atoms with Crippen LogP contribution >= 0.6 is 11.6 Å². The first-order valence-electron chi connectivity index (χ1n) is 6.60. The van der Waals surface area contributed by atoms with Crippen molar-refractivity contribution in [3.63, 3.8) is 0 Å². The van der Waals surface area contributed by atoms with Crippen LogP contribution in [0.4, 0.5) is 0 Å². The molecule has 1 fully saturated rings. The van der Waals surface area contributed by atoms with Gasteiger partial charge in [-0.15, -0.1) is 0 Å². The second kappa shape index (κ2) is 5.88. The zero-order valence-corrected chi connectivity index (χ0v) is 11.5. The Balaban J connectivity index is 2.04. The summed E-state index contributed by atoms with van der Waals surface area (Å²) in [5.74, 6) is 1.62. The fourth-order valence-corrected chi connectivity index (χ4v) is 3.28. The van der Waals surface area contributed by atoms with E-state index in [0.29, 0.717) is 6.04 Å². The Bertz CT molecular complexity index is 364. The van der Waals surface area contributed by atoms with Crippen LogP contribution in [0.15, 0.2) is 24.3 Å². The van der Waals surface area contributed by atoms with Crippen LogP contribution in [0.2, 0.25) is 5.02 Å². The summed E-state index contributed by atoms with van der Waals surface area (Å²) in [7, 11) is 2.09. The van der Waals surface area contributed by atoms with Gasteiger partial charge in [-0.2, -0.15) is 0 Å². The summed E-state index contributed by atoms with van der Waals surface area (Å²) >= 11 is 6.05. The molecule has 0 aromatic heterocycles. The van der Waals surface area contributed by atoms with Gasteiger partial charge in [-0.25, -0.2) is 0 Å². The molecule has 0 heterocycles. The third-order valence-electron chi connectivity index (χ3n) is 4.00. The molecule has 0 spiro atoms. The number of hydrogen-bond donors (Lipinski definition) is 1. The molecule has 0 bridgehead atoms. The van der Waals surface area contributed by atoms with E-state index >= 15 is 0 Å². The van der Waals surface area contributed by atoms with Crippen molar-refractivity contribution >= 4 is 11.6 Å². The molecule has 1 aromatic rings. The van der Waals surface area contributed by atoms with Gasteiger partial charge in [0, 0.05) is 11.1 Å². The normalized spacial score (nSPS) is 29.2. The molecule has 0 radical (unpaired) electrons. The van der Waals surface area contributed by atoms with Gasteiger partial charge < -0.3 is 5.32 Å². The Morgan fingerprint density at radius 1 is 1.35 bits per heavy atom. The van der Waals surface area contributed by atoms with Gasteiger partial charge in [-0.3, -0.25) is 0 Å². The second-order valence-electron chi connectivity index (χ2n) is 5.41. The summed E-state index contributed by atoms with van der Waals surface area (Å²) in [5, 5.41) is 4.33. The van der Waals surface area contributed by atoms with E-state index in [0.717, 1.165) is 23.3 Å². The van der Waals surface area contributed by atoms with Gasteiger partial charge >= 0.3 is 0 Å². The lowest BCUT2D eigenvalue weighted by Gasteiger charge is -2.35. The van der Waals surface area contributed by atoms with Crippen LogP contribution < -0.4 is 5.32 Å². The van der Waals surface area contributed by atoms with E-state index in [1.165, 1.54) is 24.8 Å². The topological polar surface area (TPSA) is 12.0 Å². The number of nitrogens with one attached hydrogen (secondary N) is 1. The molecule has 1 aliphatic carbocycles. The van der Waals surface area contributed by atoms with Crippen molar-refractivity contribution in [2.45, 2.75) is 38.6 Å². The Morgan fingerprint density at radius 3 is 2.88 bits per heavy atom. The minimum absolute atomic E-state index is 0.671. The minimum Gasteiger partial charge on any atom is -0.317 e. The third-order valence-corrected chi connectivity index (χ3v) is 4.24. The molecule has 0 saturated heterocycles. The van der Waals surface area contributed by atoms with Crippen LogP contribution in [0.1, 0.15) is 31.7 Å². The number of hydrogen-bond acceptors (Lipinski definition) is 1. The molecule has 3 unspecified atom stereocenters. The Hall–Kier alpha value is -0.530. The van der Waals surface area contributed by atoms with Crippen LogP contribution in [-0.4, -0.2) is 13.1 Å². The molecule has 0 aliphatic heterocycles. The van der Waals surface area contributed by atoms with E-state index in [4.69, 9.17) is 11.6 Å². The van der Waals surface area contributed by atoms with E-state index in [2.05, 4.69) is 37.5 Å². The molecule has 1 saturated carbocycles. The van der Waals surface area contributed by atoms with Crippen molar-refractivity contribution in [1.82, 2.24) is 5.32 Å². The third kappa shape index (κ3) is 3.46. The fraction of sp³-hybridized carbons (Fsp3) is 0.600. The van der Waals surface area contributed by atoms with E-state index in [9.17, 15) is 0 Å². The Kier molecular flexibility index (Phi) is 4.47. The molecule has 3 atom stereocenters. The zero-order valence-electron chi connectivity index (χ0n) is 10.7. The number of benzene rings is 1. The van der Waals surface area contributed by atoms with E-state index in [1.54, 1.807) is 0 Å². The predicted octanol–water partition coefficient (Wildman–Crippen LogP) is 3.91. The molecular formula is C15H22ClN. The maximum Gasteiger partial charge on any atom is 0.0408 e. The SMILES string of the molecule is CNC1CCC(C)CC1Cc1cccc(Cl)c1. The van der Waals surface area contributed by atoms with Crippen LogP contribution in [-0.2, 0) is 6.42 Å². The van der Waals surface area contributed by atoms with Gasteiger partial charge in [0.1, 0.15) is 0 Å². The largest absolute Gasteiger partial charge is 0.317 e. The van der Waals surface area contributed by atoms with Gasteiger partial charge in [0.25, 0.3) is 0 Å². The van der Waals surface area contributed by atoms with E-state index in [-0.39, 0.29) is 0 Å². The fourth-order valence-electron chi connectivity index (χ4n) is 3.07. The summed E-state index contributed by atoms with van der Waals surface area (Å²) in [6, 6.07) is 8.97. The molecule has 0 amide bonds. The molecule has 17 heavy (non-hydrogen) atoms. The van der Waals surface area contributed by atoms with Crippen LogP contribution in [0.5, 0.6) is 0 Å².